The van der Waals surface area contributed by atoms with Crippen molar-refractivity contribution in [3.05, 3.63) is 86.9 Å². The highest BCUT2D eigenvalue weighted by atomic mass is 35.5. The van der Waals surface area contributed by atoms with E-state index in [9.17, 15) is 28.1 Å². The van der Waals surface area contributed by atoms with Gasteiger partial charge in [0.1, 0.15) is 5.75 Å². The van der Waals surface area contributed by atoms with Crippen LogP contribution in [0.25, 0.3) is 0 Å². The number of nitrogens with zero attached hydrogens (tertiary/aromatic N) is 2. The molecular formula is C27H23Cl2N3O6S. The van der Waals surface area contributed by atoms with Crippen molar-refractivity contribution in [1.82, 2.24) is 4.31 Å². The number of carbonyl (C=O) groups excluding carboxylic acids is 3. The van der Waals surface area contributed by atoms with Crippen LogP contribution in [0.5, 0.6) is 5.75 Å². The van der Waals surface area contributed by atoms with Gasteiger partial charge < -0.3 is 10.1 Å². The zero-order valence-corrected chi connectivity index (χ0v) is 23.4. The molecule has 39 heavy (non-hydrogen) atoms. The Labute approximate surface area is 235 Å². The van der Waals surface area contributed by atoms with Gasteiger partial charge in [0.2, 0.25) is 5.91 Å². The van der Waals surface area contributed by atoms with Crippen molar-refractivity contribution in [3.63, 3.8) is 0 Å². The van der Waals surface area contributed by atoms with Crippen molar-refractivity contribution in [2.24, 2.45) is 0 Å². The number of ketones is 1. The van der Waals surface area contributed by atoms with Crippen LogP contribution >= 0.6 is 23.2 Å². The number of sulfonamides is 1. The molecule has 0 unspecified atom stereocenters. The van der Waals surface area contributed by atoms with Crippen LogP contribution in [0.1, 0.15) is 40.4 Å². The van der Waals surface area contributed by atoms with E-state index < -0.39 is 34.2 Å². The van der Waals surface area contributed by atoms with Crippen LogP contribution in [0.4, 0.5) is 5.69 Å². The largest absolute Gasteiger partial charge is 0.483 e. The van der Waals surface area contributed by atoms with Gasteiger partial charge in [0.15, 0.2) is 12.4 Å². The Bertz CT molecular complexity index is 1620. The lowest BCUT2D eigenvalue weighted by atomic mass is 10.0. The third-order valence-corrected chi connectivity index (χ3v) is 7.85. The topological polar surface area (TPSA) is 134 Å². The highest BCUT2D eigenvalue weighted by molar-refractivity contribution is 7.89. The average Bonchev–Trinajstić information content (AvgIpc) is 2.91. The fourth-order valence-electron chi connectivity index (χ4n) is 3.53. The molecule has 2 amide bonds. The van der Waals surface area contributed by atoms with Gasteiger partial charge in [0, 0.05) is 34.8 Å². The number of benzene rings is 3. The molecule has 1 N–H and O–H groups in total. The summed E-state index contributed by atoms with van der Waals surface area (Å²) in [6.07, 6.45) is 0.0315. The predicted molar refractivity (Wildman–Crippen MR) is 147 cm³/mol. The van der Waals surface area contributed by atoms with E-state index in [0.717, 1.165) is 0 Å². The van der Waals surface area contributed by atoms with Gasteiger partial charge in [-0.15, -0.1) is 0 Å². The fraction of sp³-hybridized carbons (Fsp3) is 0.185. The van der Waals surface area contributed by atoms with Gasteiger partial charge >= 0.3 is 0 Å². The smallest absolute Gasteiger partial charge is 0.266 e. The van der Waals surface area contributed by atoms with E-state index in [-0.39, 0.29) is 43.8 Å². The number of aryl methyl sites for hydroxylation is 1. The number of hydrogen-bond acceptors (Lipinski definition) is 7. The number of ether oxygens (including phenoxy) is 1. The van der Waals surface area contributed by atoms with E-state index >= 15 is 0 Å². The van der Waals surface area contributed by atoms with E-state index in [4.69, 9.17) is 27.9 Å². The van der Waals surface area contributed by atoms with E-state index in [1.807, 2.05) is 6.07 Å². The Kier molecular flexibility index (Phi) is 9.35. The molecule has 202 valence electrons. The second kappa shape index (κ2) is 12.3. The van der Waals surface area contributed by atoms with E-state index in [1.165, 1.54) is 61.6 Å². The van der Waals surface area contributed by atoms with Crippen LogP contribution in [0.2, 0.25) is 10.0 Å². The van der Waals surface area contributed by atoms with Gasteiger partial charge in [-0.2, -0.15) is 5.26 Å². The summed E-state index contributed by atoms with van der Waals surface area (Å²) in [5.74, 6) is -1.55. The third-order valence-electron chi connectivity index (χ3n) is 5.62. The minimum Gasteiger partial charge on any atom is -0.483 e. The number of halogens is 2. The Morgan fingerprint density at radius 3 is 2.38 bits per heavy atom. The molecule has 0 aliphatic heterocycles. The van der Waals surface area contributed by atoms with Crippen molar-refractivity contribution >= 4 is 56.5 Å². The highest BCUT2D eigenvalue weighted by Crippen LogP contribution is 2.28. The second-order valence-electron chi connectivity index (χ2n) is 8.34. The van der Waals surface area contributed by atoms with Crippen LogP contribution in [0.15, 0.2) is 59.5 Å². The molecule has 0 radical (unpaired) electrons. The maximum Gasteiger partial charge on any atom is 0.266 e. The lowest BCUT2D eigenvalue weighted by molar-refractivity contribution is -0.125. The zero-order valence-electron chi connectivity index (χ0n) is 21.1. The Balaban J connectivity index is 1.76. The summed E-state index contributed by atoms with van der Waals surface area (Å²) in [6.45, 7) is 2.69. The van der Waals surface area contributed by atoms with Crippen LogP contribution in [0.3, 0.4) is 0 Å². The lowest BCUT2D eigenvalue weighted by Gasteiger charge is -2.18. The minimum absolute atomic E-state index is 0.0315. The number of amides is 2. The maximum absolute atomic E-state index is 13.2. The van der Waals surface area contributed by atoms with Gasteiger partial charge in [-0.1, -0.05) is 30.1 Å². The molecule has 3 rings (SSSR count). The van der Waals surface area contributed by atoms with Gasteiger partial charge in [0.25, 0.3) is 15.9 Å². The minimum atomic E-state index is -4.03. The van der Waals surface area contributed by atoms with Crippen molar-refractivity contribution in [2.45, 2.75) is 25.2 Å². The first kappa shape index (κ1) is 29.6. The molecule has 3 aromatic carbocycles. The number of anilines is 1. The number of rotatable bonds is 9. The Morgan fingerprint density at radius 2 is 1.74 bits per heavy atom. The predicted octanol–water partition coefficient (Wildman–Crippen LogP) is 4.98. The number of nitrogens with one attached hydrogen (secondary N) is 1. The maximum atomic E-state index is 13.2. The number of nitriles is 1. The van der Waals surface area contributed by atoms with Crippen molar-refractivity contribution in [3.8, 4) is 11.8 Å². The first-order chi connectivity index (χ1) is 18.4. The first-order valence-corrected chi connectivity index (χ1v) is 13.7. The molecule has 0 heterocycles. The zero-order chi connectivity index (χ0) is 28.9. The Morgan fingerprint density at radius 1 is 1.03 bits per heavy atom. The molecular weight excluding hydrogens is 565 g/mol. The Hall–Kier alpha value is -3.91. The molecule has 0 aromatic heterocycles. The molecule has 0 aliphatic carbocycles. The fourth-order valence-corrected chi connectivity index (χ4v) is 5.21. The quantitative estimate of drug-likeness (QED) is 0.349. The summed E-state index contributed by atoms with van der Waals surface area (Å²) in [5.41, 5.74) is 1.19. The van der Waals surface area contributed by atoms with E-state index in [0.29, 0.717) is 15.6 Å². The van der Waals surface area contributed by atoms with Gasteiger partial charge in [-0.25, -0.2) is 12.7 Å². The average molecular weight is 588 g/mol. The number of hydrogen-bond donors (Lipinski definition) is 1. The second-order valence-corrected chi connectivity index (χ2v) is 11.2. The summed E-state index contributed by atoms with van der Waals surface area (Å²) >= 11 is 12.1. The van der Waals surface area contributed by atoms with Gasteiger partial charge in [-0.3, -0.25) is 14.4 Å². The third kappa shape index (κ3) is 6.95. The molecule has 3 aromatic rings. The van der Waals surface area contributed by atoms with Crippen LogP contribution < -0.4 is 10.1 Å². The number of carbonyl (C=O) groups is 3. The molecule has 0 aliphatic rings. The van der Waals surface area contributed by atoms with Crippen molar-refractivity contribution in [1.29, 1.82) is 5.26 Å². The summed E-state index contributed by atoms with van der Waals surface area (Å²) in [4.78, 5) is 37.6. The monoisotopic (exact) mass is 587 g/mol. The van der Waals surface area contributed by atoms with Gasteiger partial charge in [0.05, 0.1) is 22.1 Å². The molecule has 0 saturated carbocycles. The summed E-state index contributed by atoms with van der Waals surface area (Å²) < 4.78 is 31.7. The first-order valence-electron chi connectivity index (χ1n) is 11.5. The highest BCUT2D eigenvalue weighted by Gasteiger charge is 2.25. The molecule has 12 heteroatoms. The molecule has 9 nitrogen and oxygen atoms in total. The van der Waals surface area contributed by atoms with Crippen LogP contribution in [-0.2, 0) is 19.6 Å². The standard InChI is InChI=1S/C27H23Cl2N3O6S/c1-4-26(34)32(3)39(36,37)21-6-7-23(16(2)9-21)31-25(33)15-38-24-8-5-19(28)13-22(24)27(35)18-10-17(14-30)11-20(29)12-18/h5-13H,4,15H2,1-3H3,(H,31,33). The van der Waals surface area contributed by atoms with Crippen molar-refractivity contribution < 1.29 is 27.5 Å². The molecule has 0 saturated heterocycles. The molecule has 0 atom stereocenters. The normalized spacial score (nSPS) is 10.9. The van der Waals surface area contributed by atoms with E-state index in [1.54, 1.807) is 13.8 Å². The molecule has 0 fully saturated rings. The van der Waals surface area contributed by atoms with Crippen LogP contribution in [0, 0.1) is 18.3 Å². The van der Waals surface area contributed by atoms with Crippen molar-refractivity contribution in [2.75, 3.05) is 19.0 Å². The summed E-state index contributed by atoms with van der Waals surface area (Å²) in [6, 6.07) is 14.5. The lowest BCUT2D eigenvalue weighted by Crippen LogP contribution is -2.32. The van der Waals surface area contributed by atoms with Crippen LogP contribution in [-0.4, -0.2) is 44.0 Å². The molecule has 0 spiro atoms. The van der Waals surface area contributed by atoms with E-state index in [2.05, 4.69) is 5.32 Å². The molecule has 0 bridgehead atoms. The SMILES string of the molecule is CCC(=O)N(C)S(=O)(=O)c1ccc(NC(=O)COc2ccc(Cl)cc2C(=O)c2cc(Cl)cc(C#N)c2)c(C)c1. The summed E-state index contributed by atoms with van der Waals surface area (Å²) in [7, 11) is -2.84. The summed E-state index contributed by atoms with van der Waals surface area (Å²) in [5, 5.41) is 12.3. The van der Waals surface area contributed by atoms with Gasteiger partial charge in [-0.05, 0) is 67.1 Å².